The van der Waals surface area contributed by atoms with E-state index in [4.69, 9.17) is 4.74 Å². The van der Waals surface area contributed by atoms with E-state index in [-0.39, 0.29) is 18.5 Å². The van der Waals surface area contributed by atoms with Gasteiger partial charge >= 0.3 is 5.97 Å². The van der Waals surface area contributed by atoms with Gasteiger partial charge < -0.3 is 20.3 Å². The summed E-state index contributed by atoms with van der Waals surface area (Å²) >= 11 is 0. The van der Waals surface area contributed by atoms with E-state index in [9.17, 15) is 19.8 Å². The zero-order valence-corrected chi connectivity index (χ0v) is 46.6. The summed E-state index contributed by atoms with van der Waals surface area (Å²) in [5.74, 6) is -0.0403. The Hall–Kier alpha value is -1.66. The van der Waals surface area contributed by atoms with Crippen LogP contribution in [0.5, 0.6) is 0 Å². The second-order valence-corrected chi connectivity index (χ2v) is 21.4. The summed E-state index contributed by atoms with van der Waals surface area (Å²) in [5, 5.41) is 23.3. The summed E-state index contributed by atoms with van der Waals surface area (Å²) in [7, 11) is 0. The first kappa shape index (κ1) is 67.3. The molecule has 0 radical (unpaired) electrons. The van der Waals surface area contributed by atoms with Gasteiger partial charge in [0.25, 0.3) is 0 Å². The van der Waals surface area contributed by atoms with Gasteiger partial charge in [0.15, 0.2) is 0 Å². The molecular weight excluding hydrogens is 851 g/mol. The molecule has 0 aliphatic rings. The lowest BCUT2D eigenvalue weighted by molar-refractivity contribution is -0.143. The minimum Gasteiger partial charge on any atom is -0.466 e. The number of ether oxygens (including phenoxy) is 1. The molecule has 0 saturated heterocycles. The molecule has 0 rings (SSSR count). The van der Waals surface area contributed by atoms with Gasteiger partial charge in [0.1, 0.15) is 0 Å². The van der Waals surface area contributed by atoms with Crippen molar-refractivity contribution < 1.29 is 24.5 Å². The van der Waals surface area contributed by atoms with E-state index < -0.39 is 12.1 Å². The Kier molecular flexibility index (Phi) is 57.5. The van der Waals surface area contributed by atoms with Gasteiger partial charge in [0.2, 0.25) is 5.91 Å². The number of amides is 1. The number of aliphatic hydroxyl groups excluding tert-OH is 2. The number of hydrogen-bond donors (Lipinski definition) is 3. The quantitative estimate of drug-likeness (QED) is 0.0321. The van der Waals surface area contributed by atoms with Crippen LogP contribution in [0.15, 0.2) is 24.3 Å². The molecule has 0 aromatic carbocycles. The number of allylic oxidation sites excluding steroid dienone is 4. The van der Waals surface area contributed by atoms with Gasteiger partial charge in [0, 0.05) is 12.8 Å². The topological polar surface area (TPSA) is 95.9 Å². The fraction of sp³-hybridized carbons (Fsp3) is 0.905. The Labute approximate surface area is 431 Å². The molecule has 2 unspecified atom stereocenters. The smallest absolute Gasteiger partial charge is 0.305 e. The summed E-state index contributed by atoms with van der Waals surface area (Å²) in [6, 6.07) is -0.547. The zero-order chi connectivity index (χ0) is 50.0. The predicted octanol–water partition coefficient (Wildman–Crippen LogP) is 19.4. The summed E-state index contributed by atoms with van der Waals surface area (Å²) in [6.07, 6.45) is 71.8. The molecule has 0 spiro atoms. The average molecular weight is 973 g/mol. The Morgan fingerprint density at radius 3 is 1.03 bits per heavy atom. The van der Waals surface area contributed by atoms with Gasteiger partial charge in [-0.3, -0.25) is 9.59 Å². The molecule has 69 heavy (non-hydrogen) atoms. The fourth-order valence-electron chi connectivity index (χ4n) is 9.69. The maximum atomic E-state index is 12.5. The van der Waals surface area contributed by atoms with Gasteiger partial charge in [0.05, 0.1) is 25.4 Å². The lowest BCUT2D eigenvalue weighted by Gasteiger charge is -2.22. The standard InChI is InChI=1S/C63H121NO5/c1-3-5-7-9-11-13-15-17-19-25-28-31-35-39-43-47-51-55-61(66)60(59-65)64-62(67)56-52-48-44-40-36-32-29-26-23-21-20-22-24-27-30-34-38-42-46-50-54-58-69-63(68)57-53-49-45-41-37-33-18-16-14-12-10-8-6-4-2/h16,18,21,23,60-61,65-66H,3-15,17,19-20,22,24-59H2,1-2H3,(H,64,67)/b18-16-,23-21-. The fourth-order valence-corrected chi connectivity index (χ4v) is 9.69. The molecule has 0 saturated carbocycles. The van der Waals surface area contributed by atoms with Crippen molar-refractivity contribution in [1.82, 2.24) is 5.32 Å². The van der Waals surface area contributed by atoms with Crippen LogP contribution in [0.2, 0.25) is 0 Å². The molecule has 408 valence electrons. The summed E-state index contributed by atoms with van der Waals surface area (Å²) in [5.41, 5.74) is 0. The van der Waals surface area contributed by atoms with Crippen molar-refractivity contribution in [2.45, 2.75) is 353 Å². The van der Waals surface area contributed by atoms with Crippen LogP contribution >= 0.6 is 0 Å². The highest BCUT2D eigenvalue weighted by Crippen LogP contribution is 2.17. The molecule has 0 aromatic rings. The molecule has 0 bridgehead atoms. The summed E-state index contributed by atoms with van der Waals surface area (Å²) in [6.45, 7) is 4.95. The minimum atomic E-state index is -0.669. The minimum absolute atomic E-state index is 0.000104. The highest BCUT2D eigenvalue weighted by atomic mass is 16.5. The normalized spacial score (nSPS) is 12.7. The van der Waals surface area contributed by atoms with Crippen LogP contribution in [0.25, 0.3) is 0 Å². The van der Waals surface area contributed by atoms with E-state index >= 15 is 0 Å². The number of aliphatic hydroxyl groups is 2. The molecule has 1 amide bonds. The van der Waals surface area contributed by atoms with Crippen molar-refractivity contribution in [3.05, 3.63) is 24.3 Å². The van der Waals surface area contributed by atoms with Crippen molar-refractivity contribution in [3.8, 4) is 0 Å². The third-order valence-electron chi connectivity index (χ3n) is 14.5. The molecular formula is C63H121NO5. The third kappa shape index (κ3) is 55.5. The van der Waals surface area contributed by atoms with Gasteiger partial charge in [-0.15, -0.1) is 0 Å². The summed E-state index contributed by atoms with van der Waals surface area (Å²) < 4.78 is 5.47. The maximum Gasteiger partial charge on any atom is 0.305 e. The first-order valence-corrected chi connectivity index (χ1v) is 31.1. The molecule has 0 aliphatic heterocycles. The van der Waals surface area contributed by atoms with E-state index in [0.717, 1.165) is 44.9 Å². The van der Waals surface area contributed by atoms with E-state index in [2.05, 4.69) is 43.5 Å². The summed E-state index contributed by atoms with van der Waals surface area (Å²) in [4.78, 5) is 24.5. The number of nitrogens with one attached hydrogen (secondary N) is 1. The monoisotopic (exact) mass is 972 g/mol. The first-order chi connectivity index (χ1) is 34.0. The highest BCUT2D eigenvalue weighted by molar-refractivity contribution is 5.76. The van der Waals surface area contributed by atoms with Crippen molar-refractivity contribution in [2.75, 3.05) is 13.2 Å². The highest BCUT2D eigenvalue weighted by Gasteiger charge is 2.20. The molecule has 6 heteroatoms. The van der Waals surface area contributed by atoms with Gasteiger partial charge in [-0.25, -0.2) is 0 Å². The van der Waals surface area contributed by atoms with E-state index in [1.54, 1.807) is 0 Å². The van der Waals surface area contributed by atoms with Crippen LogP contribution < -0.4 is 5.32 Å². The molecule has 2 atom stereocenters. The van der Waals surface area contributed by atoms with E-state index in [1.165, 1.54) is 263 Å². The number of rotatable bonds is 58. The van der Waals surface area contributed by atoms with E-state index in [1.807, 2.05) is 0 Å². The van der Waals surface area contributed by atoms with Crippen LogP contribution in [0.4, 0.5) is 0 Å². The van der Waals surface area contributed by atoms with E-state index in [0.29, 0.717) is 25.9 Å². The zero-order valence-electron chi connectivity index (χ0n) is 46.6. The molecule has 6 nitrogen and oxygen atoms in total. The van der Waals surface area contributed by atoms with Crippen molar-refractivity contribution in [3.63, 3.8) is 0 Å². The molecule has 0 aromatic heterocycles. The number of esters is 1. The molecule has 0 aliphatic carbocycles. The Morgan fingerprint density at radius 1 is 0.391 bits per heavy atom. The SMILES string of the molecule is CCCCCCC/C=C\CCCCCCCC(=O)OCCCCCCCCCCCC/C=C\CCCCCCCCCC(=O)NC(CO)C(O)CCCCCCCCCCCCCCCCCCC. The van der Waals surface area contributed by atoms with Crippen molar-refractivity contribution in [1.29, 1.82) is 0 Å². The van der Waals surface area contributed by atoms with Gasteiger partial charge in [-0.05, 0) is 77.0 Å². The lowest BCUT2D eigenvalue weighted by Crippen LogP contribution is -2.45. The van der Waals surface area contributed by atoms with Crippen LogP contribution in [-0.2, 0) is 14.3 Å². The number of carbonyl (C=O) groups is 2. The molecule has 0 heterocycles. The maximum absolute atomic E-state index is 12.5. The lowest BCUT2D eigenvalue weighted by atomic mass is 10.0. The number of carbonyl (C=O) groups excluding carboxylic acids is 2. The second-order valence-electron chi connectivity index (χ2n) is 21.4. The molecule has 3 N–H and O–H groups in total. The van der Waals surface area contributed by atoms with Gasteiger partial charge in [-0.1, -0.05) is 276 Å². The van der Waals surface area contributed by atoms with Gasteiger partial charge in [-0.2, -0.15) is 0 Å². The number of hydrogen-bond acceptors (Lipinski definition) is 5. The largest absolute Gasteiger partial charge is 0.466 e. The average Bonchev–Trinajstić information content (AvgIpc) is 3.35. The molecule has 0 fully saturated rings. The number of unbranched alkanes of at least 4 members (excludes halogenated alkanes) is 43. The Bertz CT molecular complexity index is 1080. The second kappa shape index (κ2) is 58.9. The Balaban J connectivity index is 3.43. The van der Waals surface area contributed by atoms with Crippen LogP contribution in [-0.4, -0.2) is 47.4 Å². The van der Waals surface area contributed by atoms with Crippen LogP contribution in [0.3, 0.4) is 0 Å². The van der Waals surface area contributed by atoms with Crippen molar-refractivity contribution >= 4 is 11.9 Å². The van der Waals surface area contributed by atoms with Crippen molar-refractivity contribution in [2.24, 2.45) is 0 Å². The Morgan fingerprint density at radius 2 is 0.681 bits per heavy atom. The van der Waals surface area contributed by atoms with Crippen LogP contribution in [0.1, 0.15) is 341 Å². The van der Waals surface area contributed by atoms with Crippen LogP contribution in [0, 0.1) is 0 Å². The third-order valence-corrected chi connectivity index (χ3v) is 14.5. The predicted molar refractivity (Wildman–Crippen MR) is 301 cm³/mol. The first-order valence-electron chi connectivity index (χ1n) is 31.1.